The molecule has 0 aliphatic carbocycles. The van der Waals surface area contributed by atoms with Crippen LogP contribution in [0.5, 0.6) is 0 Å². The summed E-state index contributed by atoms with van der Waals surface area (Å²) in [5, 5.41) is 2.97. The van der Waals surface area contributed by atoms with E-state index < -0.39 is 0 Å². The van der Waals surface area contributed by atoms with E-state index in [1.165, 1.54) is 0 Å². The summed E-state index contributed by atoms with van der Waals surface area (Å²) in [7, 11) is 0. The third-order valence-electron chi connectivity index (χ3n) is 3.75. The summed E-state index contributed by atoms with van der Waals surface area (Å²) in [6.07, 6.45) is 0.886. The molecule has 4 nitrogen and oxygen atoms in total. The standard InChI is InChI=1S/C16H22N2O2S/c1-4-12(3)17-15(19)14-9-21-10-18(14)16(20)13-7-5-11(2)6-8-13/h5-8,12,14H,4,9-10H2,1-3H3,(H,17,19)/t12-,14-/m1/s1. The molecule has 1 fully saturated rings. The molecular formula is C16H22N2O2S. The highest BCUT2D eigenvalue weighted by atomic mass is 32.2. The van der Waals surface area contributed by atoms with E-state index in [2.05, 4.69) is 5.32 Å². The maximum absolute atomic E-state index is 12.6. The molecule has 21 heavy (non-hydrogen) atoms. The van der Waals surface area contributed by atoms with Crippen LogP contribution in [0.25, 0.3) is 0 Å². The van der Waals surface area contributed by atoms with Crippen LogP contribution < -0.4 is 5.32 Å². The summed E-state index contributed by atoms with van der Waals surface area (Å²) in [5.74, 6) is 1.13. The van der Waals surface area contributed by atoms with E-state index in [9.17, 15) is 9.59 Å². The number of thioether (sulfide) groups is 1. The van der Waals surface area contributed by atoms with Crippen molar-refractivity contribution in [2.75, 3.05) is 11.6 Å². The Bertz CT molecular complexity index is 516. The first kappa shape index (κ1) is 15.9. The molecule has 0 radical (unpaired) electrons. The summed E-state index contributed by atoms with van der Waals surface area (Å²) in [5.41, 5.74) is 1.76. The third kappa shape index (κ3) is 3.79. The Hall–Kier alpha value is -1.49. The van der Waals surface area contributed by atoms with Crippen molar-refractivity contribution in [3.05, 3.63) is 35.4 Å². The van der Waals surface area contributed by atoms with Crippen molar-refractivity contribution >= 4 is 23.6 Å². The SMILES string of the molecule is CC[C@@H](C)NC(=O)[C@H]1CSCN1C(=O)c1ccc(C)cc1. The van der Waals surface area contributed by atoms with Crippen LogP contribution in [0.1, 0.15) is 36.2 Å². The Morgan fingerprint density at radius 1 is 1.38 bits per heavy atom. The summed E-state index contributed by atoms with van der Waals surface area (Å²) in [6.45, 7) is 6.00. The van der Waals surface area contributed by atoms with E-state index in [0.717, 1.165) is 12.0 Å². The molecule has 0 bridgehead atoms. The lowest BCUT2D eigenvalue weighted by Gasteiger charge is -2.24. The number of aryl methyl sites for hydroxylation is 1. The molecule has 2 amide bonds. The molecular weight excluding hydrogens is 284 g/mol. The highest BCUT2D eigenvalue weighted by Gasteiger charge is 2.35. The number of hydrogen-bond acceptors (Lipinski definition) is 3. The molecule has 114 valence electrons. The topological polar surface area (TPSA) is 49.4 Å². The zero-order chi connectivity index (χ0) is 15.4. The number of carbonyl (C=O) groups is 2. The van der Waals surface area contributed by atoms with Gasteiger partial charge in [0.1, 0.15) is 6.04 Å². The minimum Gasteiger partial charge on any atom is -0.352 e. The highest BCUT2D eigenvalue weighted by Crippen LogP contribution is 2.23. The maximum Gasteiger partial charge on any atom is 0.255 e. The Balaban J connectivity index is 2.09. The molecule has 0 aromatic heterocycles. The minimum absolute atomic E-state index is 0.0465. The number of nitrogens with one attached hydrogen (secondary N) is 1. The van der Waals surface area contributed by atoms with Crippen molar-refractivity contribution in [1.82, 2.24) is 10.2 Å². The number of carbonyl (C=O) groups excluding carboxylic acids is 2. The van der Waals surface area contributed by atoms with E-state index >= 15 is 0 Å². The highest BCUT2D eigenvalue weighted by molar-refractivity contribution is 7.99. The van der Waals surface area contributed by atoms with Gasteiger partial charge in [-0.2, -0.15) is 0 Å². The molecule has 0 spiro atoms. The lowest BCUT2D eigenvalue weighted by molar-refractivity contribution is -0.125. The fraction of sp³-hybridized carbons (Fsp3) is 0.500. The fourth-order valence-corrected chi connectivity index (χ4v) is 3.32. The molecule has 2 rings (SSSR count). The molecule has 1 aromatic carbocycles. The summed E-state index contributed by atoms with van der Waals surface area (Å²) >= 11 is 1.62. The Morgan fingerprint density at radius 3 is 2.67 bits per heavy atom. The summed E-state index contributed by atoms with van der Waals surface area (Å²) in [4.78, 5) is 26.5. The molecule has 1 aliphatic rings. The van der Waals surface area contributed by atoms with Gasteiger partial charge in [0.2, 0.25) is 5.91 Å². The van der Waals surface area contributed by atoms with Crippen molar-refractivity contribution in [3.63, 3.8) is 0 Å². The largest absolute Gasteiger partial charge is 0.352 e. The lowest BCUT2D eigenvalue weighted by atomic mass is 10.1. The van der Waals surface area contributed by atoms with E-state index in [4.69, 9.17) is 0 Å². The van der Waals surface area contributed by atoms with Gasteiger partial charge in [0.15, 0.2) is 0 Å². The van der Waals surface area contributed by atoms with Gasteiger partial charge < -0.3 is 10.2 Å². The number of nitrogens with zero attached hydrogens (tertiary/aromatic N) is 1. The van der Waals surface area contributed by atoms with Crippen molar-refractivity contribution in [1.29, 1.82) is 0 Å². The molecule has 1 heterocycles. The van der Waals surface area contributed by atoms with Gasteiger partial charge in [-0.1, -0.05) is 24.6 Å². The Labute approximate surface area is 130 Å². The van der Waals surface area contributed by atoms with E-state index in [0.29, 0.717) is 17.2 Å². The third-order valence-corrected chi connectivity index (χ3v) is 4.76. The maximum atomic E-state index is 12.6. The van der Waals surface area contributed by atoms with Crippen molar-refractivity contribution < 1.29 is 9.59 Å². The number of amides is 2. The van der Waals surface area contributed by atoms with E-state index in [1.807, 2.05) is 45.0 Å². The number of hydrogen-bond donors (Lipinski definition) is 1. The Kier molecular flexibility index (Phi) is 5.28. The molecule has 1 saturated heterocycles. The second kappa shape index (κ2) is 6.98. The number of benzene rings is 1. The van der Waals surface area contributed by atoms with Crippen LogP contribution in [-0.4, -0.2) is 40.4 Å². The molecule has 0 saturated carbocycles. The molecule has 0 unspecified atom stereocenters. The number of rotatable bonds is 4. The second-order valence-corrected chi connectivity index (χ2v) is 6.47. The van der Waals surface area contributed by atoms with Gasteiger partial charge in [-0.05, 0) is 32.4 Å². The van der Waals surface area contributed by atoms with Gasteiger partial charge in [0.25, 0.3) is 5.91 Å². The first-order valence-electron chi connectivity index (χ1n) is 7.28. The normalized spacial score (nSPS) is 19.4. The lowest BCUT2D eigenvalue weighted by Crippen LogP contribution is -2.49. The van der Waals surface area contributed by atoms with E-state index in [1.54, 1.807) is 16.7 Å². The van der Waals surface area contributed by atoms with Crippen molar-refractivity contribution in [3.8, 4) is 0 Å². The molecule has 1 N–H and O–H groups in total. The first-order chi connectivity index (χ1) is 10.0. The molecule has 2 atom stereocenters. The fourth-order valence-electron chi connectivity index (χ4n) is 2.16. The van der Waals surface area contributed by atoms with E-state index in [-0.39, 0.29) is 23.9 Å². The first-order valence-corrected chi connectivity index (χ1v) is 8.44. The van der Waals surface area contributed by atoms with Crippen LogP contribution in [-0.2, 0) is 4.79 Å². The average molecular weight is 306 g/mol. The quantitative estimate of drug-likeness (QED) is 0.929. The summed E-state index contributed by atoms with van der Waals surface area (Å²) < 4.78 is 0. The van der Waals surface area contributed by atoms with Gasteiger partial charge in [0.05, 0.1) is 5.88 Å². The zero-order valence-electron chi connectivity index (χ0n) is 12.8. The zero-order valence-corrected chi connectivity index (χ0v) is 13.6. The van der Waals surface area contributed by atoms with Crippen LogP contribution >= 0.6 is 11.8 Å². The summed E-state index contributed by atoms with van der Waals surface area (Å²) in [6, 6.07) is 7.27. The average Bonchev–Trinajstić information content (AvgIpc) is 2.96. The van der Waals surface area contributed by atoms with Gasteiger partial charge in [-0.15, -0.1) is 11.8 Å². The van der Waals surface area contributed by atoms with Gasteiger partial charge in [-0.25, -0.2) is 0 Å². The minimum atomic E-state index is -0.363. The molecule has 1 aliphatic heterocycles. The van der Waals surface area contributed by atoms with Crippen LogP contribution in [0.3, 0.4) is 0 Å². The predicted molar refractivity (Wildman–Crippen MR) is 86.4 cm³/mol. The van der Waals surface area contributed by atoms with Crippen LogP contribution in [0.15, 0.2) is 24.3 Å². The Morgan fingerprint density at radius 2 is 2.05 bits per heavy atom. The van der Waals surface area contributed by atoms with Gasteiger partial charge >= 0.3 is 0 Å². The van der Waals surface area contributed by atoms with Crippen LogP contribution in [0.2, 0.25) is 0 Å². The predicted octanol–water partition coefficient (Wildman–Crippen LogP) is 2.42. The van der Waals surface area contributed by atoms with Crippen LogP contribution in [0, 0.1) is 6.92 Å². The molecule has 1 aromatic rings. The van der Waals surface area contributed by atoms with Crippen molar-refractivity contribution in [2.45, 2.75) is 39.3 Å². The van der Waals surface area contributed by atoms with Gasteiger partial charge in [0, 0.05) is 17.4 Å². The van der Waals surface area contributed by atoms with Crippen molar-refractivity contribution in [2.24, 2.45) is 0 Å². The monoisotopic (exact) mass is 306 g/mol. The smallest absolute Gasteiger partial charge is 0.255 e. The van der Waals surface area contributed by atoms with Crippen LogP contribution in [0.4, 0.5) is 0 Å². The second-order valence-electron chi connectivity index (χ2n) is 5.47. The molecule has 5 heteroatoms. The van der Waals surface area contributed by atoms with Gasteiger partial charge in [-0.3, -0.25) is 9.59 Å².